The van der Waals surface area contributed by atoms with Crippen LogP contribution in [0.3, 0.4) is 0 Å². The Morgan fingerprint density at radius 3 is 2.33 bits per heavy atom. The maximum atomic E-state index is 4.11. The van der Waals surface area contributed by atoms with Gasteiger partial charge in [-0.1, -0.05) is 61.9 Å². The predicted octanol–water partition coefficient (Wildman–Crippen LogP) is 5.78. The van der Waals surface area contributed by atoms with Crippen molar-refractivity contribution in [1.29, 1.82) is 0 Å². The molecule has 98 valence electrons. The van der Waals surface area contributed by atoms with Crippen LogP contribution >= 0.6 is 0 Å². The van der Waals surface area contributed by atoms with Crippen molar-refractivity contribution >= 4 is 5.57 Å². The van der Waals surface area contributed by atoms with Crippen molar-refractivity contribution in [1.82, 2.24) is 0 Å². The van der Waals surface area contributed by atoms with E-state index >= 15 is 0 Å². The topological polar surface area (TPSA) is 0 Å². The minimum Gasteiger partial charge on any atom is -0.0999 e. The van der Waals surface area contributed by atoms with E-state index in [1.807, 2.05) is 0 Å². The van der Waals surface area contributed by atoms with Gasteiger partial charge in [-0.05, 0) is 50.2 Å². The minimum atomic E-state index is 0.671. The standard InChI is InChI=1S/C18H26/c1-6-14(3)12-16(5)13-17(7-2)18-10-8-15(4)9-11-18/h7-11,16H,3,6,12-13H2,1-2,4-5H3/b17-7+. The third-order valence-corrected chi connectivity index (χ3v) is 3.48. The molecule has 0 saturated heterocycles. The number of rotatable bonds is 6. The highest BCUT2D eigenvalue weighted by molar-refractivity contribution is 5.65. The van der Waals surface area contributed by atoms with Crippen LogP contribution in [-0.4, -0.2) is 0 Å². The van der Waals surface area contributed by atoms with Crippen molar-refractivity contribution in [3.63, 3.8) is 0 Å². The Hall–Kier alpha value is -1.30. The molecule has 0 N–H and O–H groups in total. The van der Waals surface area contributed by atoms with Crippen LogP contribution in [0.15, 0.2) is 42.5 Å². The van der Waals surface area contributed by atoms with Crippen molar-refractivity contribution in [2.24, 2.45) is 5.92 Å². The van der Waals surface area contributed by atoms with E-state index in [1.54, 1.807) is 0 Å². The van der Waals surface area contributed by atoms with Crippen LogP contribution in [0, 0.1) is 12.8 Å². The van der Waals surface area contributed by atoms with Gasteiger partial charge < -0.3 is 0 Å². The van der Waals surface area contributed by atoms with Gasteiger partial charge in [0.05, 0.1) is 0 Å². The largest absolute Gasteiger partial charge is 0.0999 e. The Morgan fingerprint density at radius 1 is 1.22 bits per heavy atom. The third kappa shape index (κ3) is 4.52. The zero-order valence-electron chi connectivity index (χ0n) is 12.3. The Balaban J connectivity index is 2.68. The normalized spacial score (nSPS) is 13.4. The summed E-state index contributed by atoms with van der Waals surface area (Å²) in [6.45, 7) is 12.9. The van der Waals surface area contributed by atoms with E-state index in [2.05, 4.69) is 64.6 Å². The average molecular weight is 242 g/mol. The van der Waals surface area contributed by atoms with Crippen LogP contribution in [0.4, 0.5) is 0 Å². The van der Waals surface area contributed by atoms with Gasteiger partial charge in [-0.15, -0.1) is 0 Å². The van der Waals surface area contributed by atoms with Crippen molar-refractivity contribution < 1.29 is 0 Å². The fourth-order valence-corrected chi connectivity index (χ4v) is 2.25. The first-order valence-electron chi connectivity index (χ1n) is 6.95. The van der Waals surface area contributed by atoms with Gasteiger partial charge in [0.2, 0.25) is 0 Å². The Morgan fingerprint density at radius 2 is 1.83 bits per heavy atom. The summed E-state index contributed by atoms with van der Waals surface area (Å²) in [6.07, 6.45) is 5.62. The fraction of sp³-hybridized carbons (Fsp3) is 0.444. The van der Waals surface area contributed by atoms with Crippen molar-refractivity contribution in [2.75, 3.05) is 0 Å². The molecule has 0 heteroatoms. The van der Waals surface area contributed by atoms with Crippen LogP contribution < -0.4 is 0 Å². The summed E-state index contributed by atoms with van der Waals surface area (Å²) in [5.74, 6) is 0.671. The van der Waals surface area contributed by atoms with E-state index in [0.717, 1.165) is 19.3 Å². The lowest BCUT2D eigenvalue weighted by Gasteiger charge is -2.15. The van der Waals surface area contributed by atoms with Crippen molar-refractivity contribution in [2.45, 2.75) is 47.0 Å². The van der Waals surface area contributed by atoms with Crippen LogP contribution in [0.2, 0.25) is 0 Å². The lowest BCUT2D eigenvalue weighted by Crippen LogP contribution is -1.98. The highest BCUT2D eigenvalue weighted by atomic mass is 14.1. The molecule has 0 saturated carbocycles. The molecule has 0 aromatic heterocycles. The summed E-state index contributed by atoms with van der Waals surface area (Å²) in [6, 6.07) is 8.83. The summed E-state index contributed by atoms with van der Waals surface area (Å²) < 4.78 is 0. The summed E-state index contributed by atoms with van der Waals surface area (Å²) >= 11 is 0. The van der Waals surface area contributed by atoms with E-state index < -0.39 is 0 Å². The van der Waals surface area contributed by atoms with Crippen LogP contribution in [0.5, 0.6) is 0 Å². The second-order valence-corrected chi connectivity index (χ2v) is 5.30. The Labute approximate surface area is 112 Å². The molecule has 1 aromatic rings. The number of allylic oxidation sites excluding steroid dienone is 3. The molecule has 1 unspecified atom stereocenters. The molecule has 0 aliphatic carbocycles. The molecule has 18 heavy (non-hydrogen) atoms. The molecule has 0 spiro atoms. The summed E-state index contributed by atoms with van der Waals surface area (Å²) in [4.78, 5) is 0. The van der Waals surface area contributed by atoms with Crippen molar-refractivity contribution in [3.8, 4) is 0 Å². The zero-order chi connectivity index (χ0) is 13.5. The minimum absolute atomic E-state index is 0.671. The number of hydrogen-bond donors (Lipinski definition) is 0. The Bertz CT molecular complexity index is 406. The summed E-state index contributed by atoms with van der Waals surface area (Å²) in [7, 11) is 0. The molecule has 1 aromatic carbocycles. The van der Waals surface area contributed by atoms with Gasteiger partial charge in [-0.25, -0.2) is 0 Å². The summed E-state index contributed by atoms with van der Waals surface area (Å²) in [5.41, 5.74) is 5.49. The zero-order valence-corrected chi connectivity index (χ0v) is 12.3. The highest BCUT2D eigenvalue weighted by Crippen LogP contribution is 2.26. The maximum absolute atomic E-state index is 4.11. The quantitative estimate of drug-likeness (QED) is 0.555. The first-order valence-corrected chi connectivity index (χ1v) is 6.95. The molecule has 0 aliphatic heterocycles. The highest BCUT2D eigenvalue weighted by Gasteiger charge is 2.08. The van der Waals surface area contributed by atoms with E-state index in [9.17, 15) is 0 Å². The average Bonchev–Trinajstić information content (AvgIpc) is 2.37. The van der Waals surface area contributed by atoms with Gasteiger partial charge in [0.25, 0.3) is 0 Å². The van der Waals surface area contributed by atoms with Crippen molar-refractivity contribution in [3.05, 3.63) is 53.6 Å². The number of hydrogen-bond acceptors (Lipinski definition) is 0. The molecular formula is C18H26. The van der Waals surface area contributed by atoms with E-state index in [0.29, 0.717) is 5.92 Å². The first kappa shape index (κ1) is 14.8. The van der Waals surface area contributed by atoms with E-state index in [-0.39, 0.29) is 0 Å². The molecule has 0 bridgehead atoms. The predicted molar refractivity (Wildman–Crippen MR) is 82.7 cm³/mol. The molecular weight excluding hydrogens is 216 g/mol. The van der Waals surface area contributed by atoms with Crippen LogP contribution in [-0.2, 0) is 0 Å². The van der Waals surface area contributed by atoms with Crippen LogP contribution in [0.25, 0.3) is 5.57 Å². The number of aryl methyl sites for hydroxylation is 1. The maximum Gasteiger partial charge on any atom is -0.0228 e. The SMILES string of the molecule is C=C(CC)CC(C)C/C(=C\C)c1ccc(C)cc1. The molecule has 1 atom stereocenters. The van der Waals surface area contributed by atoms with Gasteiger partial charge in [0.15, 0.2) is 0 Å². The van der Waals surface area contributed by atoms with Gasteiger partial charge >= 0.3 is 0 Å². The molecule has 0 aliphatic rings. The molecule has 0 nitrogen and oxygen atoms in total. The fourth-order valence-electron chi connectivity index (χ4n) is 2.25. The second kappa shape index (κ2) is 7.20. The second-order valence-electron chi connectivity index (χ2n) is 5.30. The number of benzene rings is 1. The molecule has 1 rings (SSSR count). The lowest BCUT2D eigenvalue weighted by molar-refractivity contribution is 0.586. The smallest absolute Gasteiger partial charge is 0.0228 e. The summed E-state index contributed by atoms with van der Waals surface area (Å²) in [5, 5.41) is 0. The molecule has 0 fully saturated rings. The van der Waals surface area contributed by atoms with Gasteiger partial charge in [-0.3, -0.25) is 0 Å². The van der Waals surface area contributed by atoms with Gasteiger partial charge in [0, 0.05) is 0 Å². The lowest BCUT2D eigenvalue weighted by atomic mass is 9.90. The third-order valence-electron chi connectivity index (χ3n) is 3.48. The van der Waals surface area contributed by atoms with E-state index in [4.69, 9.17) is 0 Å². The van der Waals surface area contributed by atoms with Crippen LogP contribution in [0.1, 0.15) is 51.2 Å². The van der Waals surface area contributed by atoms with Gasteiger partial charge in [-0.2, -0.15) is 0 Å². The van der Waals surface area contributed by atoms with E-state index in [1.165, 1.54) is 22.3 Å². The first-order chi connectivity index (χ1) is 8.56. The Kier molecular flexibility index (Phi) is 5.91. The molecule has 0 heterocycles. The molecule has 0 radical (unpaired) electrons. The molecule has 0 amide bonds. The van der Waals surface area contributed by atoms with Gasteiger partial charge in [0.1, 0.15) is 0 Å². The monoisotopic (exact) mass is 242 g/mol.